The van der Waals surface area contributed by atoms with E-state index < -0.39 is 16.8 Å². The molecule has 1 amide bonds. The van der Waals surface area contributed by atoms with Crippen LogP contribution in [0, 0.1) is 0 Å². The number of nitrogens with one attached hydrogen (secondary N) is 1. The van der Waals surface area contributed by atoms with Gasteiger partial charge in [-0.25, -0.2) is 9.79 Å². The molecule has 0 aliphatic carbocycles. The molecule has 0 saturated carbocycles. The molecule has 0 aromatic carbocycles. The van der Waals surface area contributed by atoms with Crippen LogP contribution in [-0.4, -0.2) is 41.4 Å². The molecular formula is C16H31N3O4S. The van der Waals surface area contributed by atoms with Crippen LogP contribution in [0.25, 0.3) is 0 Å². The van der Waals surface area contributed by atoms with Crippen LogP contribution in [0.1, 0.15) is 60.3 Å². The van der Waals surface area contributed by atoms with Crippen LogP contribution in [0.3, 0.4) is 0 Å². The standard InChI is InChI=1S/C16H31N3O4S/c1-7-8-9-10-13(20)22-16(24-6,19-12(2)17)11-18-14(21)23-15(3,4)5/h7-11H2,1-6H3,(H2,17,19)(H,18,21). The number of esters is 1. The lowest BCUT2D eigenvalue weighted by molar-refractivity contribution is -0.151. The number of amidine groups is 1. The van der Waals surface area contributed by atoms with Gasteiger partial charge in [0.15, 0.2) is 0 Å². The number of rotatable bonds is 9. The molecule has 0 spiro atoms. The van der Waals surface area contributed by atoms with Gasteiger partial charge in [-0.15, -0.1) is 0 Å². The molecule has 0 saturated heterocycles. The Bertz CT molecular complexity index is 445. The van der Waals surface area contributed by atoms with Crippen LogP contribution in [0.2, 0.25) is 0 Å². The van der Waals surface area contributed by atoms with Crippen LogP contribution in [-0.2, 0) is 14.3 Å². The first-order chi connectivity index (χ1) is 11.0. The van der Waals surface area contributed by atoms with E-state index >= 15 is 0 Å². The lowest BCUT2D eigenvalue weighted by atomic mass is 10.2. The summed E-state index contributed by atoms with van der Waals surface area (Å²) in [7, 11) is 0. The van der Waals surface area contributed by atoms with Crippen molar-refractivity contribution >= 4 is 29.7 Å². The summed E-state index contributed by atoms with van der Waals surface area (Å²) in [5.74, 6) is -0.106. The van der Waals surface area contributed by atoms with E-state index in [4.69, 9.17) is 15.2 Å². The van der Waals surface area contributed by atoms with E-state index in [1.807, 2.05) is 0 Å². The second-order valence-corrected chi connectivity index (χ2v) is 7.50. The summed E-state index contributed by atoms with van der Waals surface area (Å²) in [5.41, 5.74) is 5.05. The second kappa shape index (κ2) is 10.4. The van der Waals surface area contributed by atoms with Crippen molar-refractivity contribution in [3.05, 3.63) is 0 Å². The summed E-state index contributed by atoms with van der Waals surface area (Å²) in [6, 6.07) is 0. The molecule has 0 radical (unpaired) electrons. The van der Waals surface area contributed by atoms with Crippen LogP contribution in [0.15, 0.2) is 4.99 Å². The molecule has 0 aromatic heterocycles. The van der Waals surface area contributed by atoms with Crippen molar-refractivity contribution in [1.29, 1.82) is 0 Å². The van der Waals surface area contributed by atoms with Gasteiger partial charge in [0.1, 0.15) is 5.60 Å². The third-order valence-corrected chi connectivity index (χ3v) is 3.74. The van der Waals surface area contributed by atoms with Crippen LogP contribution >= 0.6 is 11.8 Å². The summed E-state index contributed by atoms with van der Waals surface area (Å²) in [6.45, 7) is 8.93. The highest BCUT2D eigenvalue weighted by Gasteiger charge is 2.34. The maximum Gasteiger partial charge on any atom is 0.407 e. The van der Waals surface area contributed by atoms with E-state index in [0.717, 1.165) is 19.3 Å². The Balaban J connectivity index is 4.92. The molecule has 0 rings (SSSR count). The second-order valence-electron chi connectivity index (χ2n) is 6.46. The predicted molar refractivity (Wildman–Crippen MR) is 98.0 cm³/mol. The van der Waals surface area contributed by atoms with Crippen molar-refractivity contribution in [3.63, 3.8) is 0 Å². The number of amides is 1. The first-order valence-electron chi connectivity index (χ1n) is 8.09. The molecule has 0 aliphatic heterocycles. The Hall–Kier alpha value is -1.44. The van der Waals surface area contributed by atoms with E-state index in [0.29, 0.717) is 6.42 Å². The smallest absolute Gasteiger partial charge is 0.407 e. The fourth-order valence-corrected chi connectivity index (χ4v) is 2.40. The zero-order valence-corrected chi connectivity index (χ0v) is 16.4. The van der Waals surface area contributed by atoms with Gasteiger partial charge in [-0.05, 0) is 40.4 Å². The van der Waals surface area contributed by atoms with Gasteiger partial charge in [-0.2, -0.15) is 0 Å². The van der Waals surface area contributed by atoms with Gasteiger partial charge in [-0.1, -0.05) is 31.5 Å². The number of alkyl carbamates (subject to hydrolysis) is 1. The zero-order chi connectivity index (χ0) is 18.8. The SMILES string of the molecule is CCCCCC(=O)OC(CNC(=O)OC(C)(C)C)(N=C(C)N)SC. The topological polar surface area (TPSA) is 103 Å². The summed E-state index contributed by atoms with van der Waals surface area (Å²) >= 11 is 1.19. The quantitative estimate of drug-likeness (QED) is 0.215. The number of nitrogens with zero attached hydrogens (tertiary/aromatic N) is 1. The lowest BCUT2D eigenvalue weighted by Crippen LogP contribution is -2.45. The van der Waals surface area contributed by atoms with Crippen LogP contribution < -0.4 is 11.1 Å². The number of carbonyl (C=O) groups excluding carboxylic acids is 2. The van der Waals surface area contributed by atoms with Gasteiger partial charge >= 0.3 is 12.1 Å². The van der Waals surface area contributed by atoms with E-state index in [1.165, 1.54) is 11.8 Å². The van der Waals surface area contributed by atoms with Gasteiger partial charge in [0.05, 0.1) is 12.4 Å². The molecule has 0 heterocycles. The fraction of sp³-hybridized carbons (Fsp3) is 0.812. The number of ether oxygens (including phenoxy) is 2. The minimum Gasteiger partial charge on any atom is -0.444 e. The van der Waals surface area contributed by atoms with Crippen molar-refractivity contribution in [2.75, 3.05) is 12.8 Å². The molecule has 0 aliphatic rings. The summed E-state index contributed by atoms with van der Waals surface area (Å²) in [4.78, 5) is 28.1. The minimum atomic E-state index is -1.29. The number of hydrogen-bond acceptors (Lipinski definition) is 6. The predicted octanol–water partition coefficient (Wildman–Crippen LogP) is 3.03. The Labute approximate surface area is 149 Å². The van der Waals surface area contributed by atoms with Gasteiger partial charge in [-0.3, -0.25) is 4.79 Å². The average molecular weight is 362 g/mol. The van der Waals surface area contributed by atoms with Crippen molar-refractivity contribution in [2.24, 2.45) is 10.7 Å². The number of thioether (sulfide) groups is 1. The normalized spacial score (nSPS) is 14.7. The number of nitrogens with two attached hydrogens (primary N) is 1. The van der Waals surface area contributed by atoms with Crippen molar-refractivity contribution in [3.8, 4) is 0 Å². The molecule has 1 atom stereocenters. The number of aliphatic imine (C=N–C) groups is 1. The third kappa shape index (κ3) is 10.4. The molecule has 24 heavy (non-hydrogen) atoms. The maximum absolute atomic E-state index is 12.1. The molecule has 1 unspecified atom stereocenters. The van der Waals surface area contributed by atoms with Gasteiger partial charge in [0.25, 0.3) is 5.06 Å². The monoisotopic (exact) mass is 361 g/mol. The molecule has 3 N–H and O–H groups in total. The highest BCUT2D eigenvalue weighted by molar-refractivity contribution is 7.99. The molecule has 140 valence electrons. The summed E-state index contributed by atoms with van der Waals surface area (Å²) < 4.78 is 10.7. The van der Waals surface area contributed by atoms with Gasteiger partial charge in [0, 0.05) is 6.42 Å². The lowest BCUT2D eigenvalue weighted by Gasteiger charge is -2.29. The van der Waals surface area contributed by atoms with E-state index in [-0.39, 0.29) is 18.3 Å². The maximum atomic E-state index is 12.1. The van der Waals surface area contributed by atoms with Crippen molar-refractivity contribution in [1.82, 2.24) is 5.32 Å². The van der Waals surface area contributed by atoms with Crippen LogP contribution in [0.5, 0.6) is 0 Å². The largest absolute Gasteiger partial charge is 0.444 e. The van der Waals surface area contributed by atoms with Crippen LogP contribution in [0.4, 0.5) is 4.79 Å². The Morgan fingerprint density at radius 3 is 2.29 bits per heavy atom. The minimum absolute atomic E-state index is 0.0306. The highest BCUT2D eigenvalue weighted by atomic mass is 32.2. The first kappa shape index (κ1) is 22.6. The number of hydrogen-bond donors (Lipinski definition) is 2. The molecule has 0 fully saturated rings. The summed E-state index contributed by atoms with van der Waals surface area (Å²) in [5, 5.41) is 1.29. The fourth-order valence-electron chi connectivity index (χ4n) is 1.77. The Kier molecular flexibility index (Phi) is 9.80. The van der Waals surface area contributed by atoms with E-state index in [1.54, 1.807) is 34.0 Å². The third-order valence-electron chi connectivity index (χ3n) is 2.78. The van der Waals surface area contributed by atoms with E-state index in [2.05, 4.69) is 17.2 Å². The molecule has 0 bridgehead atoms. The number of carbonyl (C=O) groups is 2. The van der Waals surface area contributed by atoms with E-state index in [9.17, 15) is 9.59 Å². The average Bonchev–Trinajstić information content (AvgIpc) is 2.42. The Morgan fingerprint density at radius 1 is 1.21 bits per heavy atom. The van der Waals surface area contributed by atoms with Crippen molar-refractivity contribution in [2.45, 2.75) is 71.0 Å². The molecule has 7 nitrogen and oxygen atoms in total. The number of unbranched alkanes of at least 4 members (excludes halogenated alkanes) is 2. The molecule has 0 aromatic rings. The first-order valence-corrected chi connectivity index (χ1v) is 9.32. The van der Waals surface area contributed by atoms with Crippen molar-refractivity contribution < 1.29 is 19.1 Å². The van der Waals surface area contributed by atoms with Gasteiger partial charge in [0.2, 0.25) is 0 Å². The highest BCUT2D eigenvalue weighted by Crippen LogP contribution is 2.27. The molecular weight excluding hydrogens is 330 g/mol. The summed E-state index contributed by atoms with van der Waals surface area (Å²) in [6.07, 6.45) is 4.17. The Morgan fingerprint density at radius 2 is 1.83 bits per heavy atom. The van der Waals surface area contributed by atoms with Gasteiger partial charge < -0.3 is 20.5 Å². The zero-order valence-electron chi connectivity index (χ0n) is 15.6. The molecule has 8 heteroatoms.